The molecule has 0 spiro atoms. The second kappa shape index (κ2) is 8.80. The Kier molecular flexibility index (Phi) is 5.97. The van der Waals surface area contributed by atoms with Crippen molar-refractivity contribution in [1.82, 2.24) is 4.98 Å². The molecule has 0 saturated heterocycles. The van der Waals surface area contributed by atoms with Crippen molar-refractivity contribution >= 4 is 33.9 Å². The van der Waals surface area contributed by atoms with Gasteiger partial charge in [-0.05, 0) is 72.3 Å². The number of thioether (sulfide) groups is 1. The van der Waals surface area contributed by atoms with Gasteiger partial charge in [0, 0.05) is 16.1 Å². The minimum absolute atomic E-state index is 0.246. The standard InChI is InChI=1S/C24H21FN2S2/c1-3-16-4-12-20(13-5-16)26-24-27-22(17-6-10-19(25)11-7-17)23(29-24)18-8-14-21(28-2)15-9-18/h4-15H,3H2,1-2H3,(H,26,27). The van der Waals surface area contributed by atoms with Crippen LogP contribution in [0.15, 0.2) is 77.7 Å². The molecule has 0 saturated carbocycles. The number of rotatable bonds is 6. The summed E-state index contributed by atoms with van der Waals surface area (Å²) < 4.78 is 13.4. The fraction of sp³-hybridized carbons (Fsp3) is 0.125. The van der Waals surface area contributed by atoms with Crippen LogP contribution < -0.4 is 5.32 Å². The third kappa shape index (κ3) is 4.52. The van der Waals surface area contributed by atoms with Gasteiger partial charge in [0.15, 0.2) is 5.13 Å². The van der Waals surface area contributed by atoms with E-state index in [1.54, 1.807) is 35.2 Å². The van der Waals surface area contributed by atoms with E-state index in [9.17, 15) is 4.39 Å². The number of thiazole rings is 1. The van der Waals surface area contributed by atoms with Crippen LogP contribution in [0.3, 0.4) is 0 Å². The Hall–Kier alpha value is -2.63. The highest BCUT2D eigenvalue weighted by molar-refractivity contribution is 7.98. The third-order valence-electron chi connectivity index (χ3n) is 4.71. The van der Waals surface area contributed by atoms with E-state index >= 15 is 0 Å². The molecule has 0 amide bonds. The van der Waals surface area contributed by atoms with E-state index in [-0.39, 0.29) is 5.82 Å². The van der Waals surface area contributed by atoms with Gasteiger partial charge in [-0.15, -0.1) is 11.8 Å². The van der Waals surface area contributed by atoms with Crippen molar-refractivity contribution < 1.29 is 4.39 Å². The molecule has 0 aliphatic carbocycles. The molecule has 4 aromatic rings. The summed E-state index contributed by atoms with van der Waals surface area (Å²) in [5.41, 5.74) is 5.18. The maximum Gasteiger partial charge on any atom is 0.188 e. The Labute approximate surface area is 178 Å². The average molecular weight is 421 g/mol. The zero-order valence-electron chi connectivity index (χ0n) is 16.3. The van der Waals surface area contributed by atoms with Crippen LogP contribution in [0.2, 0.25) is 0 Å². The molecule has 0 aliphatic heterocycles. The summed E-state index contributed by atoms with van der Waals surface area (Å²) in [5, 5.41) is 4.24. The zero-order chi connectivity index (χ0) is 20.2. The Morgan fingerprint density at radius 2 is 1.55 bits per heavy atom. The van der Waals surface area contributed by atoms with E-state index in [0.29, 0.717) is 0 Å². The van der Waals surface area contributed by atoms with Crippen LogP contribution in [0.4, 0.5) is 15.2 Å². The van der Waals surface area contributed by atoms with Crippen molar-refractivity contribution in [3.05, 3.63) is 84.2 Å². The molecule has 0 fully saturated rings. The number of nitrogens with zero attached hydrogens (tertiary/aromatic N) is 1. The molecule has 5 heteroatoms. The van der Waals surface area contributed by atoms with Crippen molar-refractivity contribution in [2.75, 3.05) is 11.6 Å². The quantitative estimate of drug-likeness (QED) is 0.324. The molecule has 0 aliphatic rings. The van der Waals surface area contributed by atoms with Crippen LogP contribution in [0.1, 0.15) is 12.5 Å². The Bertz CT molecular complexity index is 1090. The van der Waals surface area contributed by atoms with Crippen LogP contribution in [0.25, 0.3) is 21.7 Å². The summed E-state index contributed by atoms with van der Waals surface area (Å²) in [6, 6.07) is 23.4. The minimum atomic E-state index is -0.246. The molecule has 1 N–H and O–H groups in total. The van der Waals surface area contributed by atoms with E-state index in [0.717, 1.165) is 38.9 Å². The van der Waals surface area contributed by atoms with Gasteiger partial charge in [0.25, 0.3) is 0 Å². The molecule has 3 aromatic carbocycles. The summed E-state index contributed by atoms with van der Waals surface area (Å²) >= 11 is 3.33. The second-order valence-corrected chi connectivity index (χ2v) is 8.49. The van der Waals surface area contributed by atoms with E-state index in [1.807, 2.05) is 0 Å². The maximum absolute atomic E-state index is 13.4. The lowest BCUT2D eigenvalue weighted by Gasteiger charge is -2.04. The van der Waals surface area contributed by atoms with E-state index < -0.39 is 0 Å². The number of hydrogen-bond donors (Lipinski definition) is 1. The first-order valence-electron chi connectivity index (χ1n) is 9.43. The number of aryl methyl sites for hydroxylation is 1. The number of benzene rings is 3. The zero-order valence-corrected chi connectivity index (χ0v) is 17.9. The third-order valence-corrected chi connectivity index (χ3v) is 6.47. The van der Waals surface area contributed by atoms with Gasteiger partial charge in [0.05, 0.1) is 10.6 Å². The summed E-state index contributed by atoms with van der Waals surface area (Å²) in [6.45, 7) is 2.15. The first kappa shape index (κ1) is 19.7. The lowest BCUT2D eigenvalue weighted by Crippen LogP contribution is -1.90. The number of aromatic nitrogens is 1. The van der Waals surface area contributed by atoms with Gasteiger partial charge in [0.2, 0.25) is 0 Å². The second-order valence-electron chi connectivity index (χ2n) is 6.61. The Balaban J connectivity index is 1.73. The fourth-order valence-electron chi connectivity index (χ4n) is 3.06. The summed E-state index contributed by atoms with van der Waals surface area (Å²) in [4.78, 5) is 7.13. The highest BCUT2D eigenvalue weighted by Gasteiger charge is 2.15. The van der Waals surface area contributed by atoms with Crippen LogP contribution in [-0.4, -0.2) is 11.2 Å². The van der Waals surface area contributed by atoms with Gasteiger partial charge in [-0.2, -0.15) is 0 Å². The van der Waals surface area contributed by atoms with Crippen molar-refractivity contribution in [2.45, 2.75) is 18.2 Å². The highest BCUT2D eigenvalue weighted by Crippen LogP contribution is 2.40. The van der Waals surface area contributed by atoms with Gasteiger partial charge >= 0.3 is 0 Å². The monoisotopic (exact) mass is 420 g/mol. The summed E-state index contributed by atoms with van der Waals surface area (Å²) in [5.74, 6) is -0.246. The molecule has 1 heterocycles. The first-order valence-corrected chi connectivity index (χ1v) is 11.5. The Morgan fingerprint density at radius 1 is 0.897 bits per heavy atom. The topological polar surface area (TPSA) is 24.9 Å². The molecule has 2 nitrogen and oxygen atoms in total. The molecule has 0 atom stereocenters. The molecule has 0 bridgehead atoms. The van der Waals surface area contributed by atoms with Crippen LogP contribution >= 0.6 is 23.1 Å². The first-order chi connectivity index (χ1) is 14.2. The van der Waals surface area contributed by atoms with Crippen molar-refractivity contribution in [3.8, 4) is 21.7 Å². The normalized spacial score (nSPS) is 10.9. The molecular formula is C24H21FN2S2. The lowest BCUT2D eigenvalue weighted by atomic mass is 10.1. The van der Waals surface area contributed by atoms with Crippen LogP contribution in [0, 0.1) is 5.82 Å². The van der Waals surface area contributed by atoms with Gasteiger partial charge < -0.3 is 5.32 Å². The van der Waals surface area contributed by atoms with Crippen molar-refractivity contribution in [1.29, 1.82) is 0 Å². The van der Waals surface area contributed by atoms with E-state index in [4.69, 9.17) is 4.98 Å². The van der Waals surface area contributed by atoms with Gasteiger partial charge in [-0.3, -0.25) is 0 Å². The minimum Gasteiger partial charge on any atom is -0.332 e. The lowest BCUT2D eigenvalue weighted by molar-refractivity contribution is 0.628. The Morgan fingerprint density at radius 3 is 2.17 bits per heavy atom. The van der Waals surface area contributed by atoms with Gasteiger partial charge in [-0.1, -0.05) is 42.5 Å². The van der Waals surface area contributed by atoms with Gasteiger partial charge in [-0.25, -0.2) is 9.37 Å². The molecule has 0 unspecified atom stereocenters. The average Bonchev–Trinajstić information content (AvgIpc) is 3.18. The van der Waals surface area contributed by atoms with Crippen LogP contribution in [0.5, 0.6) is 0 Å². The van der Waals surface area contributed by atoms with E-state index in [1.165, 1.54) is 22.6 Å². The summed E-state index contributed by atoms with van der Waals surface area (Å²) in [7, 11) is 0. The largest absolute Gasteiger partial charge is 0.332 e. The predicted molar refractivity (Wildman–Crippen MR) is 124 cm³/mol. The SMILES string of the molecule is CCc1ccc(Nc2nc(-c3ccc(F)cc3)c(-c3ccc(SC)cc3)s2)cc1. The molecule has 29 heavy (non-hydrogen) atoms. The molecule has 146 valence electrons. The number of anilines is 2. The molecule has 1 aromatic heterocycles. The number of hydrogen-bond acceptors (Lipinski definition) is 4. The van der Waals surface area contributed by atoms with Gasteiger partial charge in [0.1, 0.15) is 5.82 Å². The molecule has 4 rings (SSSR count). The van der Waals surface area contributed by atoms with Crippen LogP contribution in [-0.2, 0) is 6.42 Å². The number of nitrogens with one attached hydrogen (secondary N) is 1. The smallest absolute Gasteiger partial charge is 0.188 e. The predicted octanol–water partition coefficient (Wildman–Crippen LogP) is 7.64. The maximum atomic E-state index is 13.4. The molecular weight excluding hydrogens is 399 g/mol. The van der Waals surface area contributed by atoms with Crippen molar-refractivity contribution in [2.24, 2.45) is 0 Å². The van der Waals surface area contributed by atoms with E-state index in [2.05, 4.69) is 67.0 Å². The summed E-state index contributed by atoms with van der Waals surface area (Å²) in [6.07, 6.45) is 3.08. The molecule has 0 radical (unpaired) electrons. The van der Waals surface area contributed by atoms with Crippen molar-refractivity contribution in [3.63, 3.8) is 0 Å². The highest BCUT2D eigenvalue weighted by atomic mass is 32.2. The number of halogens is 1. The fourth-order valence-corrected chi connectivity index (χ4v) is 4.48.